The van der Waals surface area contributed by atoms with E-state index in [1.165, 1.54) is 11.3 Å². The quantitative estimate of drug-likeness (QED) is 0.907. The molecule has 1 amide bonds. The van der Waals surface area contributed by atoms with Gasteiger partial charge in [0.2, 0.25) is 5.91 Å². The molecule has 0 saturated carbocycles. The fourth-order valence-corrected chi connectivity index (χ4v) is 3.21. The summed E-state index contributed by atoms with van der Waals surface area (Å²) in [5, 5.41) is 6.23. The highest BCUT2D eigenvalue weighted by molar-refractivity contribution is 7.15. The molecule has 1 saturated heterocycles. The average Bonchev–Trinajstić information content (AvgIpc) is 2.91. The summed E-state index contributed by atoms with van der Waals surface area (Å²) in [5.74, 6) is 0.0605. The predicted octanol–water partition coefficient (Wildman–Crippen LogP) is 2.34. The summed E-state index contributed by atoms with van der Waals surface area (Å²) >= 11 is 7.30. The molecule has 0 unspecified atom stereocenters. The number of nitrogens with zero attached hydrogens (tertiary/aromatic N) is 2. The number of halogens is 1. The van der Waals surface area contributed by atoms with E-state index in [0.29, 0.717) is 24.1 Å². The maximum Gasteiger partial charge on any atom is 0.239 e. The summed E-state index contributed by atoms with van der Waals surface area (Å²) < 4.78 is 0.549. The second-order valence-corrected chi connectivity index (χ2v) is 6.42. The molecule has 5 nitrogen and oxygen atoms in total. The first-order valence-electron chi connectivity index (χ1n) is 6.67. The Morgan fingerprint density at radius 1 is 1.43 bits per heavy atom. The van der Waals surface area contributed by atoms with Crippen molar-refractivity contribution < 1.29 is 4.79 Å². The van der Waals surface area contributed by atoms with Crippen molar-refractivity contribution in [2.75, 3.05) is 29.9 Å². The summed E-state index contributed by atoms with van der Waals surface area (Å²) in [6.07, 6.45) is 1.77. The van der Waals surface area contributed by atoms with E-state index < -0.39 is 0 Å². The third-order valence-electron chi connectivity index (χ3n) is 3.26. The van der Waals surface area contributed by atoms with E-state index in [4.69, 9.17) is 11.6 Å². The van der Waals surface area contributed by atoms with E-state index >= 15 is 0 Å². The highest BCUT2D eigenvalue weighted by atomic mass is 35.5. The number of hydrogen-bond donors (Lipinski definition) is 2. The first-order valence-corrected chi connectivity index (χ1v) is 7.86. The second kappa shape index (κ2) is 6.32. The molecule has 1 aromatic carbocycles. The summed E-state index contributed by atoms with van der Waals surface area (Å²) in [4.78, 5) is 18.7. The van der Waals surface area contributed by atoms with Crippen LogP contribution in [0.25, 0.3) is 0 Å². The normalized spacial score (nSPS) is 14.9. The number of anilines is 2. The number of carbonyl (C=O) groups is 1. The van der Waals surface area contributed by atoms with Crippen LogP contribution in [0.15, 0.2) is 30.5 Å². The molecule has 1 aliphatic rings. The third kappa shape index (κ3) is 3.46. The number of rotatable bonds is 4. The zero-order valence-electron chi connectivity index (χ0n) is 11.3. The molecule has 1 aliphatic heterocycles. The van der Waals surface area contributed by atoms with Gasteiger partial charge in [0, 0.05) is 24.2 Å². The van der Waals surface area contributed by atoms with Crippen LogP contribution in [0.4, 0.5) is 11.4 Å². The minimum Gasteiger partial charge on any atom is -0.378 e. The number of amides is 1. The molecule has 0 radical (unpaired) electrons. The van der Waals surface area contributed by atoms with Crippen LogP contribution in [0.3, 0.4) is 0 Å². The molecule has 1 aromatic heterocycles. The van der Waals surface area contributed by atoms with Crippen LogP contribution < -0.4 is 15.5 Å². The number of thiazole rings is 1. The molecule has 0 aliphatic carbocycles. The smallest absolute Gasteiger partial charge is 0.239 e. The lowest BCUT2D eigenvalue weighted by atomic mass is 10.2. The molecule has 3 rings (SSSR count). The van der Waals surface area contributed by atoms with E-state index in [1.807, 2.05) is 24.3 Å². The van der Waals surface area contributed by atoms with Crippen LogP contribution in [0, 0.1) is 0 Å². The third-order valence-corrected chi connectivity index (χ3v) is 4.38. The molecule has 110 valence electrons. The Morgan fingerprint density at radius 3 is 3.05 bits per heavy atom. The molecule has 0 spiro atoms. The lowest BCUT2D eigenvalue weighted by Gasteiger charge is -2.30. The highest BCUT2D eigenvalue weighted by Gasteiger charge is 2.18. The SMILES string of the molecule is O=C1CN(c2ccccc2NCc2cnc(Cl)s2)CCN1. The van der Waals surface area contributed by atoms with E-state index in [0.717, 1.165) is 22.8 Å². The predicted molar refractivity (Wildman–Crippen MR) is 86.1 cm³/mol. The van der Waals surface area contributed by atoms with Crippen molar-refractivity contribution in [1.82, 2.24) is 10.3 Å². The van der Waals surface area contributed by atoms with Crippen LogP contribution in [0.1, 0.15) is 4.88 Å². The summed E-state index contributed by atoms with van der Waals surface area (Å²) in [6, 6.07) is 8.01. The Kier molecular flexibility index (Phi) is 4.26. The molecule has 0 atom stereocenters. The molecular formula is C14H15ClN4OS. The van der Waals surface area contributed by atoms with Crippen LogP contribution >= 0.6 is 22.9 Å². The molecule has 0 bridgehead atoms. The number of nitrogens with one attached hydrogen (secondary N) is 2. The maximum absolute atomic E-state index is 11.5. The fraction of sp³-hybridized carbons (Fsp3) is 0.286. The van der Waals surface area contributed by atoms with Crippen molar-refractivity contribution in [3.8, 4) is 0 Å². The van der Waals surface area contributed by atoms with Gasteiger partial charge in [0.15, 0.2) is 4.47 Å². The van der Waals surface area contributed by atoms with Crippen molar-refractivity contribution >= 4 is 40.2 Å². The average molecular weight is 323 g/mol. The van der Waals surface area contributed by atoms with Gasteiger partial charge in [-0.3, -0.25) is 4.79 Å². The van der Waals surface area contributed by atoms with Gasteiger partial charge in [0.25, 0.3) is 0 Å². The van der Waals surface area contributed by atoms with Gasteiger partial charge < -0.3 is 15.5 Å². The standard InChI is InChI=1S/C14H15ClN4OS/c15-14-18-8-10(21-14)7-17-11-3-1-2-4-12(11)19-6-5-16-13(20)9-19/h1-4,8,17H,5-7,9H2,(H,16,20). The van der Waals surface area contributed by atoms with Gasteiger partial charge in [-0.05, 0) is 12.1 Å². The van der Waals surface area contributed by atoms with Crippen LogP contribution in [0.2, 0.25) is 4.47 Å². The maximum atomic E-state index is 11.5. The molecule has 2 N–H and O–H groups in total. The molecule has 21 heavy (non-hydrogen) atoms. The Labute approximate surface area is 131 Å². The van der Waals surface area contributed by atoms with Crippen molar-refractivity contribution in [2.24, 2.45) is 0 Å². The van der Waals surface area contributed by atoms with Gasteiger partial charge in [0.05, 0.1) is 24.5 Å². The van der Waals surface area contributed by atoms with Crippen molar-refractivity contribution in [2.45, 2.75) is 6.54 Å². The monoisotopic (exact) mass is 322 g/mol. The van der Waals surface area contributed by atoms with Crippen LogP contribution in [-0.2, 0) is 11.3 Å². The topological polar surface area (TPSA) is 57.3 Å². The molecular weight excluding hydrogens is 308 g/mol. The summed E-state index contributed by atoms with van der Waals surface area (Å²) in [5.41, 5.74) is 2.06. The van der Waals surface area contributed by atoms with E-state index in [9.17, 15) is 4.79 Å². The Bertz CT molecular complexity index is 645. The second-order valence-electron chi connectivity index (χ2n) is 4.72. The van der Waals surface area contributed by atoms with E-state index in [-0.39, 0.29) is 5.91 Å². The first kappa shape index (κ1) is 14.2. The number of aromatic nitrogens is 1. The fourth-order valence-electron chi connectivity index (χ4n) is 2.29. The molecule has 1 fully saturated rings. The van der Waals surface area contributed by atoms with Crippen molar-refractivity contribution in [3.63, 3.8) is 0 Å². The van der Waals surface area contributed by atoms with Gasteiger partial charge in [-0.1, -0.05) is 23.7 Å². The number of hydrogen-bond acceptors (Lipinski definition) is 5. The first-order chi connectivity index (χ1) is 10.2. The number of benzene rings is 1. The number of carbonyl (C=O) groups excluding carboxylic acids is 1. The van der Waals surface area contributed by atoms with Gasteiger partial charge in [-0.2, -0.15) is 0 Å². The Morgan fingerprint density at radius 2 is 2.29 bits per heavy atom. The Balaban J connectivity index is 1.74. The zero-order chi connectivity index (χ0) is 14.7. The number of para-hydroxylation sites is 2. The van der Waals surface area contributed by atoms with Crippen LogP contribution in [-0.4, -0.2) is 30.5 Å². The molecule has 2 heterocycles. The Hall–Kier alpha value is -1.79. The van der Waals surface area contributed by atoms with Gasteiger partial charge >= 0.3 is 0 Å². The lowest BCUT2D eigenvalue weighted by molar-refractivity contribution is -0.120. The zero-order valence-corrected chi connectivity index (χ0v) is 12.9. The number of piperazine rings is 1. The van der Waals surface area contributed by atoms with Crippen molar-refractivity contribution in [1.29, 1.82) is 0 Å². The van der Waals surface area contributed by atoms with Gasteiger partial charge in [-0.15, -0.1) is 11.3 Å². The van der Waals surface area contributed by atoms with Crippen LogP contribution in [0.5, 0.6) is 0 Å². The summed E-state index contributed by atoms with van der Waals surface area (Å²) in [7, 11) is 0. The van der Waals surface area contributed by atoms with Gasteiger partial charge in [-0.25, -0.2) is 4.98 Å². The minimum absolute atomic E-state index is 0.0605. The highest BCUT2D eigenvalue weighted by Crippen LogP contribution is 2.27. The van der Waals surface area contributed by atoms with Crippen molar-refractivity contribution in [3.05, 3.63) is 39.8 Å². The van der Waals surface area contributed by atoms with E-state index in [2.05, 4.69) is 20.5 Å². The van der Waals surface area contributed by atoms with E-state index in [1.54, 1.807) is 6.20 Å². The summed E-state index contributed by atoms with van der Waals surface area (Å²) in [6.45, 7) is 2.56. The lowest BCUT2D eigenvalue weighted by Crippen LogP contribution is -2.47. The minimum atomic E-state index is 0.0605. The van der Waals surface area contributed by atoms with Gasteiger partial charge in [0.1, 0.15) is 0 Å². The largest absolute Gasteiger partial charge is 0.378 e. The molecule has 7 heteroatoms. The molecule has 2 aromatic rings.